The van der Waals surface area contributed by atoms with Crippen LogP contribution < -0.4 is 15.4 Å². The molecule has 0 spiro atoms. The number of aliphatic hydroxyl groups is 1. The Morgan fingerprint density at radius 3 is 2.40 bits per heavy atom. The third-order valence-electron chi connectivity index (χ3n) is 7.26. The van der Waals surface area contributed by atoms with Gasteiger partial charge in [-0.3, -0.25) is 14.4 Å². The normalized spacial score (nSPS) is 17.5. The number of nitrogens with zero attached hydrogens (tertiary/aromatic N) is 2. The van der Waals surface area contributed by atoms with E-state index in [0.29, 0.717) is 0 Å². The van der Waals surface area contributed by atoms with Gasteiger partial charge < -0.3 is 35.6 Å². The maximum Gasteiger partial charge on any atom is 0.255 e. The molecule has 5 N–H and O–H groups in total. The Hall–Kier alpha value is -4.16. The summed E-state index contributed by atoms with van der Waals surface area (Å²) in [6.07, 6.45) is -0.857. The van der Waals surface area contributed by atoms with E-state index in [2.05, 4.69) is 15.6 Å². The van der Waals surface area contributed by atoms with E-state index >= 15 is 0 Å². The summed E-state index contributed by atoms with van der Waals surface area (Å²) in [6.45, 7) is 7.36. The van der Waals surface area contributed by atoms with E-state index in [9.17, 15) is 29.7 Å². The molecule has 1 aromatic heterocycles. The van der Waals surface area contributed by atoms with Gasteiger partial charge in [0.2, 0.25) is 17.6 Å². The summed E-state index contributed by atoms with van der Waals surface area (Å²) in [5.41, 5.74) is 3.61. The number of phenolic OH excluding ortho intramolecular Hbond substituents is 2. The van der Waals surface area contributed by atoms with Crippen LogP contribution in [0.15, 0.2) is 41.9 Å². The Morgan fingerprint density at radius 2 is 1.81 bits per heavy atom. The minimum absolute atomic E-state index is 0.0155. The maximum absolute atomic E-state index is 13.8. The summed E-state index contributed by atoms with van der Waals surface area (Å²) in [5.74, 6) is -3.06. The number of aromatic nitrogens is 1. The number of nitrogens with one attached hydrogen (secondary N) is 2. The van der Waals surface area contributed by atoms with E-state index in [4.69, 9.17) is 4.74 Å². The number of benzene rings is 2. The fourth-order valence-corrected chi connectivity index (χ4v) is 5.71. The number of aryl methyl sites for hydroxylation is 1. The fraction of sp³-hybridized carbons (Fsp3) is 0.400. The van der Waals surface area contributed by atoms with Gasteiger partial charge >= 0.3 is 0 Å². The molecule has 1 aliphatic heterocycles. The Bertz CT molecular complexity index is 1470. The molecular formula is C30H36N4O7S. The number of hydrogen-bond acceptors (Lipinski definition) is 9. The topological polar surface area (TPSA) is 161 Å². The molecule has 2 heterocycles. The minimum Gasteiger partial charge on any atom is -0.504 e. The third kappa shape index (κ3) is 6.50. The number of hydrogen-bond donors (Lipinski definition) is 5. The van der Waals surface area contributed by atoms with Crippen LogP contribution in [0, 0.1) is 12.3 Å². The first kappa shape index (κ1) is 30.8. The van der Waals surface area contributed by atoms with Gasteiger partial charge in [-0.2, -0.15) is 0 Å². The number of ether oxygens (including phenoxy) is 1. The number of methoxy groups -OCH3 is 1. The molecule has 0 saturated carbocycles. The number of thiazole rings is 1. The number of aromatic hydroxyl groups is 2. The molecule has 0 aliphatic carbocycles. The molecule has 1 fully saturated rings. The van der Waals surface area contributed by atoms with Crippen LogP contribution in [0.25, 0.3) is 10.4 Å². The fourth-order valence-electron chi connectivity index (χ4n) is 4.90. The van der Waals surface area contributed by atoms with Crippen LogP contribution in [0.5, 0.6) is 17.2 Å². The number of likely N-dealkylation sites (tertiary alicyclic amines) is 1. The van der Waals surface area contributed by atoms with Gasteiger partial charge in [-0.25, -0.2) is 4.98 Å². The molecule has 1 aliphatic rings. The lowest BCUT2D eigenvalue weighted by atomic mass is 9.85. The molecule has 3 amide bonds. The van der Waals surface area contributed by atoms with Gasteiger partial charge in [0.05, 0.1) is 34.9 Å². The average molecular weight is 597 g/mol. The van der Waals surface area contributed by atoms with Crippen molar-refractivity contribution in [3.05, 3.63) is 58.7 Å². The largest absolute Gasteiger partial charge is 0.504 e. The zero-order chi connectivity index (χ0) is 30.8. The summed E-state index contributed by atoms with van der Waals surface area (Å²) in [6, 6.07) is 8.31. The second-order valence-corrected chi connectivity index (χ2v) is 12.2. The van der Waals surface area contributed by atoms with Crippen LogP contribution in [0.3, 0.4) is 0 Å². The van der Waals surface area contributed by atoms with Crippen molar-refractivity contribution in [3.63, 3.8) is 0 Å². The lowest BCUT2D eigenvalue weighted by Crippen LogP contribution is -2.57. The summed E-state index contributed by atoms with van der Waals surface area (Å²) in [7, 11) is 1.31. The standard InChI is InChI=1S/C30H36N4O7S/c1-16-25(42-15-32-16)18-8-6-17(7-9-18)13-31-28(39)21-12-19(35)14-34(21)29(40)26(30(2,3)4)33-27(38)20-10-11-22(41-5)24(37)23(20)36/h6-11,15,19,21,26,35-37H,12-14H2,1-5H3,(H,31,39)(H,33,38)/t19-,21+,26-/m1/s1. The molecular weight excluding hydrogens is 560 g/mol. The summed E-state index contributed by atoms with van der Waals surface area (Å²) >= 11 is 1.56. The van der Waals surface area contributed by atoms with Gasteiger partial charge in [0.15, 0.2) is 11.5 Å². The van der Waals surface area contributed by atoms with Crippen molar-refractivity contribution in [1.29, 1.82) is 0 Å². The lowest BCUT2D eigenvalue weighted by Gasteiger charge is -2.35. The highest BCUT2D eigenvalue weighted by Crippen LogP contribution is 2.38. The first-order valence-corrected chi connectivity index (χ1v) is 14.3. The molecule has 4 rings (SSSR count). The van der Waals surface area contributed by atoms with Gasteiger partial charge in [-0.05, 0) is 35.6 Å². The lowest BCUT2D eigenvalue weighted by molar-refractivity contribution is -0.142. The number of phenols is 2. The molecule has 0 bridgehead atoms. The van der Waals surface area contributed by atoms with Crippen molar-refractivity contribution < 1.29 is 34.4 Å². The Balaban J connectivity index is 1.47. The average Bonchev–Trinajstić information content (AvgIpc) is 3.56. The maximum atomic E-state index is 13.8. The number of aliphatic hydroxyl groups excluding tert-OH is 1. The van der Waals surface area contributed by atoms with E-state index in [-0.39, 0.29) is 30.8 Å². The Labute approximate surface area is 248 Å². The van der Waals surface area contributed by atoms with Gasteiger partial charge in [-0.1, -0.05) is 45.0 Å². The van der Waals surface area contributed by atoms with Crippen LogP contribution in [-0.4, -0.2) is 74.8 Å². The van der Waals surface area contributed by atoms with Gasteiger partial charge in [0, 0.05) is 19.5 Å². The van der Waals surface area contributed by atoms with Gasteiger partial charge in [0.1, 0.15) is 12.1 Å². The number of amides is 3. The van der Waals surface area contributed by atoms with E-state index in [1.807, 2.05) is 31.2 Å². The van der Waals surface area contributed by atoms with E-state index in [1.165, 1.54) is 24.1 Å². The number of carbonyl (C=O) groups excluding carboxylic acids is 3. The Morgan fingerprint density at radius 1 is 1.12 bits per heavy atom. The number of carbonyl (C=O) groups is 3. The molecule has 1 saturated heterocycles. The van der Waals surface area contributed by atoms with Crippen molar-refractivity contribution in [2.45, 2.75) is 58.8 Å². The van der Waals surface area contributed by atoms with Crippen molar-refractivity contribution in [2.24, 2.45) is 5.41 Å². The van der Waals surface area contributed by atoms with Crippen molar-refractivity contribution in [1.82, 2.24) is 20.5 Å². The highest BCUT2D eigenvalue weighted by molar-refractivity contribution is 7.13. The predicted molar refractivity (Wildman–Crippen MR) is 157 cm³/mol. The van der Waals surface area contributed by atoms with E-state index in [1.54, 1.807) is 37.6 Å². The molecule has 0 radical (unpaired) electrons. The minimum atomic E-state index is -1.11. The second kappa shape index (κ2) is 12.4. The van der Waals surface area contributed by atoms with E-state index in [0.717, 1.165) is 21.7 Å². The zero-order valence-electron chi connectivity index (χ0n) is 24.2. The predicted octanol–water partition coefficient (Wildman–Crippen LogP) is 2.96. The third-order valence-corrected chi connectivity index (χ3v) is 8.24. The second-order valence-electron chi connectivity index (χ2n) is 11.4. The number of β-amino-alcohol motifs (C(OH)–C–C–N with tert-alkyl or cyclic N) is 1. The van der Waals surface area contributed by atoms with Crippen LogP contribution in [-0.2, 0) is 16.1 Å². The van der Waals surface area contributed by atoms with Crippen molar-refractivity contribution >= 4 is 29.1 Å². The van der Waals surface area contributed by atoms with Gasteiger partial charge in [-0.15, -0.1) is 11.3 Å². The SMILES string of the molecule is COc1ccc(C(=O)N[C@H](C(=O)N2C[C@H](O)C[C@H]2C(=O)NCc2ccc(-c3scnc3C)cc2)C(C)(C)C)c(O)c1O. The first-order valence-electron chi connectivity index (χ1n) is 13.5. The Kier molecular flexibility index (Phi) is 9.07. The first-order chi connectivity index (χ1) is 19.8. The monoisotopic (exact) mass is 596 g/mol. The molecule has 2 aromatic carbocycles. The quantitative estimate of drug-likeness (QED) is 0.248. The van der Waals surface area contributed by atoms with Crippen molar-refractivity contribution in [2.75, 3.05) is 13.7 Å². The molecule has 12 heteroatoms. The summed E-state index contributed by atoms with van der Waals surface area (Å²) in [4.78, 5) is 46.8. The highest BCUT2D eigenvalue weighted by atomic mass is 32.1. The number of rotatable bonds is 8. The molecule has 0 unspecified atom stereocenters. The van der Waals surface area contributed by atoms with Crippen LogP contribution in [0.4, 0.5) is 0 Å². The molecule has 42 heavy (non-hydrogen) atoms. The highest BCUT2D eigenvalue weighted by Gasteiger charge is 2.44. The zero-order valence-corrected chi connectivity index (χ0v) is 25.0. The van der Waals surface area contributed by atoms with Crippen molar-refractivity contribution in [3.8, 4) is 27.7 Å². The van der Waals surface area contributed by atoms with Crippen LogP contribution >= 0.6 is 11.3 Å². The molecule has 224 valence electrons. The van der Waals surface area contributed by atoms with Crippen LogP contribution in [0.2, 0.25) is 0 Å². The van der Waals surface area contributed by atoms with Crippen LogP contribution in [0.1, 0.15) is 48.8 Å². The summed E-state index contributed by atoms with van der Waals surface area (Å²) < 4.78 is 4.95. The van der Waals surface area contributed by atoms with E-state index < -0.39 is 52.8 Å². The van der Waals surface area contributed by atoms with Gasteiger partial charge in [0.25, 0.3) is 5.91 Å². The summed E-state index contributed by atoms with van der Waals surface area (Å²) in [5, 5.41) is 36.4. The molecule has 3 atom stereocenters. The molecule has 11 nitrogen and oxygen atoms in total. The smallest absolute Gasteiger partial charge is 0.255 e. The molecule has 3 aromatic rings.